The second kappa shape index (κ2) is 8.89. The molecule has 2 aliphatic rings. The summed E-state index contributed by atoms with van der Waals surface area (Å²) in [7, 11) is 0. The molecule has 0 spiro atoms. The topological polar surface area (TPSA) is 73.9 Å². The maximum atomic E-state index is 12.1. The first-order valence-corrected chi connectivity index (χ1v) is 9.38. The Hall–Kier alpha value is -2.28. The van der Waals surface area contributed by atoms with Crippen molar-refractivity contribution in [2.75, 3.05) is 44.6 Å². The molecule has 0 atom stereocenters. The summed E-state index contributed by atoms with van der Waals surface area (Å²) >= 11 is 0. The summed E-state index contributed by atoms with van der Waals surface area (Å²) < 4.78 is 4.94. The molecule has 3 rings (SSSR count). The minimum atomic E-state index is -0.284. The Morgan fingerprint density at radius 3 is 2.81 bits per heavy atom. The first-order chi connectivity index (χ1) is 12.6. The number of rotatable bonds is 6. The maximum Gasteiger partial charge on any atom is 0.410 e. The van der Waals surface area contributed by atoms with E-state index in [4.69, 9.17) is 4.74 Å². The molecular weight excluding hydrogens is 332 g/mol. The highest BCUT2D eigenvalue weighted by Gasteiger charge is 2.21. The molecule has 0 radical (unpaired) electrons. The van der Waals surface area contributed by atoms with Crippen molar-refractivity contribution in [2.45, 2.75) is 26.3 Å². The van der Waals surface area contributed by atoms with Crippen molar-refractivity contribution in [3.63, 3.8) is 0 Å². The van der Waals surface area contributed by atoms with Crippen LogP contribution in [0.4, 0.5) is 15.3 Å². The van der Waals surface area contributed by atoms with Crippen LogP contribution in [0.15, 0.2) is 24.3 Å². The van der Waals surface area contributed by atoms with Crippen LogP contribution in [-0.2, 0) is 11.3 Å². The van der Waals surface area contributed by atoms with Gasteiger partial charge in [0, 0.05) is 25.3 Å². The van der Waals surface area contributed by atoms with Crippen molar-refractivity contribution in [2.24, 2.45) is 5.92 Å². The molecule has 1 aromatic rings. The zero-order chi connectivity index (χ0) is 18.4. The lowest BCUT2D eigenvalue weighted by molar-refractivity contribution is 0.157. The van der Waals surface area contributed by atoms with E-state index < -0.39 is 0 Å². The number of ether oxygens (including phenoxy) is 1. The van der Waals surface area contributed by atoms with Crippen molar-refractivity contribution < 1.29 is 14.3 Å². The molecule has 7 heteroatoms. The summed E-state index contributed by atoms with van der Waals surface area (Å²) in [5, 5.41) is 5.77. The van der Waals surface area contributed by atoms with Gasteiger partial charge in [0.15, 0.2) is 0 Å². The summed E-state index contributed by atoms with van der Waals surface area (Å²) in [5.74, 6) is 0.817. The zero-order valence-electron chi connectivity index (χ0n) is 15.4. The van der Waals surface area contributed by atoms with E-state index in [1.165, 1.54) is 12.8 Å². The number of hydrogen-bond acceptors (Lipinski definition) is 4. The molecule has 0 unspecified atom stereocenters. The second-order valence-corrected chi connectivity index (χ2v) is 7.14. The quantitative estimate of drug-likeness (QED) is 0.817. The van der Waals surface area contributed by atoms with Gasteiger partial charge in [-0.1, -0.05) is 19.1 Å². The molecule has 2 aliphatic heterocycles. The van der Waals surface area contributed by atoms with E-state index in [-0.39, 0.29) is 12.1 Å². The van der Waals surface area contributed by atoms with Crippen LogP contribution in [0.2, 0.25) is 0 Å². The number of likely N-dealkylation sites (tertiary alicyclic amines) is 1. The third kappa shape index (κ3) is 5.36. The van der Waals surface area contributed by atoms with Crippen molar-refractivity contribution in [1.82, 2.24) is 15.1 Å². The standard InChI is InChI=1S/C19H28N4O3/c1-15-5-8-22(9-6-15)10-7-20-18(24)21-17-4-2-3-16(13-17)14-23-11-12-26-19(23)25/h2-4,13,15H,5-12,14H2,1H3,(H2,20,21,24). The van der Waals surface area contributed by atoms with Crippen LogP contribution < -0.4 is 10.6 Å². The predicted octanol–water partition coefficient (Wildman–Crippen LogP) is 2.49. The fraction of sp³-hybridized carbons (Fsp3) is 0.579. The first-order valence-electron chi connectivity index (χ1n) is 9.38. The van der Waals surface area contributed by atoms with Crippen molar-refractivity contribution in [3.05, 3.63) is 29.8 Å². The van der Waals surface area contributed by atoms with E-state index in [1.807, 2.05) is 24.3 Å². The van der Waals surface area contributed by atoms with Gasteiger partial charge in [-0.15, -0.1) is 0 Å². The van der Waals surface area contributed by atoms with E-state index in [9.17, 15) is 9.59 Å². The molecule has 2 N–H and O–H groups in total. The van der Waals surface area contributed by atoms with Gasteiger partial charge in [0.25, 0.3) is 0 Å². The Kier molecular flexibility index (Phi) is 6.33. The number of nitrogens with one attached hydrogen (secondary N) is 2. The number of nitrogens with zero attached hydrogens (tertiary/aromatic N) is 2. The monoisotopic (exact) mass is 360 g/mol. The number of benzene rings is 1. The molecule has 0 saturated carbocycles. The summed E-state index contributed by atoms with van der Waals surface area (Å²) in [5.41, 5.74) is 1.68. The molecule has 142 valence electrons. The Morgan fingerprint density at radius 2 is 2.08 bits per heavy atom. The van der Waals surface area contributed by atoms with E-state index in [0.717, 1.165) is 36.8 Å². The van der Waals surface area contributed by atoms with E-state index in [2.05, 4.69) is 22.5 Å². The molecule has 2 saturated heterocycles. The van der Waals surface area contributed by atoms with Crippen LogP contribution in [0.1, 0.15) is 25.3 Å². The highest BCUT2D eigenvalue weighted by Crippen LogP contribution is 2.16. The molecule has 2 heterocycles. The SMILES string of the molecule is CC1CCN(CCNC(=O)Nc2cccc(CN3CCOC3=O)c2)CC1. The highest BCUT2D eigenvalue weighted by molar-refractivity contribution is 5.89. The molecule has 0 aromatic heterocycles. The lowest BCUT2D eigenvalue weighted by Gasteiger charge is -2.30. The van der Waals surface area contributed by atoms with Crippen LogP contribution in [0.5, 0.6) is 0 Å². The first kappa shape index (κ1) is 18.5. The molecular formula is C19H28N4O3. The number of urea groups is 1. The fourth-order valence-electron chi connectivity index (χ4n) is 3.33. The number of hydrogen-bond donors (Lipinski definition) is 2. The average Bonchev–Trinajstić information content (AvgIpc) is 3.02. The number of carbonyl (C=O) groups is 2. The van der Waals surface area contributed by atoms with E-state index in [0.29, 0.717) is 26.2 Å². The third-order valence-electron chi connectivity index (χ3n) is 4.99. The molecule has 0 aliphatic carbocycles. The molecule has 3 amide bonds. The number of carbonyl (C=O) groups excluding carboxylic acids is 2. The zero-order valence-corrected chi connectivity index (χ0v) is 15.4. The molecule has 7 nitrogen and oxygen atoms in total. The van der Waals surface area contributed by atoms with Gasteiger partial charge in [-0.2, -0.15) is 0 Å². The molecule has 2 fully saturated rings. The highest BCUT2D eigenvalue weighted by atomic mass is 16.6. The van der Waals surface area contributed by atoms with Gasteiger partial charge in [-0.3, -0.25) is 0 Å². The van der Waals surface area contributed by atoms with Gasteiger partial charge < -0.3 is 25.2 Å². The minimum Gasteiger partial charge on any atom is -0.448 e. The largest absolute Gasteiger partial charge is 0.448 e. The minimum absolute atomic E-state index is 0.201. The Balaban J connectivity index is 1.41. The number of piperidine rings is 1. The van der Waals surface area contributed by atoms with Crippen LogP contribution in [-0.4, -0.2) is 61.3 Å². The number of amides is 3. The van der Waals surface area contributed by atoms with Gasteiger partial charge >= 0.3 is 12.1 Å². The van der Waals surface area contributed by atoms with Crippen molar-refractivity contribution in [1.29, 1.82) is 0 Å². The average molecular weight is 360 g/mol. The van der Waals surface area contributed by atoms with Crippen molar-refractivity contribution >= 4 is 17.8 Å². The second-order valence-electron chi connectivity index (χ2n) is 7.14. The van der Waals surface area contributed by atoms with Crippen LogP contribution in [0.3, 0.4) is 0 Å². The Bertz CT molecular complexity index is 629. The summed E-state index contributed by atoms with van der Waals surface area (Å²) in [6, 6.07) is 7.34. The Labute approximate surface area is 154 Å². The van der Waals surface area contributed by atoms with Crippen LogP contribution in [0.25, 0.3) is 0 Å². The van der Waals surface area contributed by atoms with Crippen molar-refractivity contribution in [3.8, 4) is 0 Å². The molecule has 1 aromatic carbocycles. The smallest absolute Gasteiger partial charge is 0.410 e. The maximum absolute atomic E-state index is 12.1. The lowest BCUT2D eigenvalue weighted by Crippen LogP contribution is -2.40. The number of cyclic esters (lactones) is 1. The summed E-state index contributed by atoms with van der Waals surface area (Å²) in [6.07, 6.45) is 2.20. The summed E-state index contributed by atoms with van der Waals surface area (Å²) in [6.45, 7) is 7.59. The normalized spacial score (nSPS) is 18.7. The lowest BCUT2D eigenvalue weighted by atomic mass is 9.99. The predicted molar refractivity (Wildman–Crippen MR) is 100 cm³/mol. The number of anilines is 1. The third-order valence-corrected chi connectivity index (χ3v) is 4.99. The van der Waals surface area contributed by atoms with E-state index >= 15 is 0 Å². The Morgan fingerprint density at radius 1 is 1.27 bits per heavy atom. The fourth-order valence-corrected chi connectivity index (χ4v) is 3.33. The van der Waals surface area contributed by atoms with Gasteiger partial charge in [0.2, 0.25) is 0 Å². The van der Waals surface area contributed by atoms with Gasteiger partial charge in [0.1, 0.15) is 6.61 Å². The molecule has 26 heavy (non-hydrogen) atoms. The summed E-state index contributed by atoms with van der Waals surface area (Å²) in [4.78, 5) is 27.7. The van der Waals surface area contributed by atoms with Gasteiger partial charge in [-0.25, -0.2) is 9.59 Å². The van der Waals surface area contributed by atoms with Gasteiger partial charge in [0.05, 0.1) is 6.54 Å². The molecule has 0 bridgehead atoms. The van der Waals surface area contributed by atoms with Gasteiger partial charge in [-0.05, 0) is 49.5 Å². The van der Waals surface area contributed by atoms with E-state index in [1.54, 1.807) is 4.90 Å². The van der Waals surface area contributed by atoms with Crippen LogP contribution in [0, 0.1) is 5.92 Å². The van der Waals surface area contributed by atoms with Crippen LogP contribution >= 0.6 is 0 Å².